The number of hydrogen-bond acceptors (Lipinski definition) is 4. The second kappa shape index (κ2) is 10.0. The van der Waals surface area contributed by atoms with Crippen molar-refractivity contribution in [3.63, 3.8) is 0 Å². The number of fused-ring (bicyclic) bond motifs is 1. The van der Waals surface area contributed by atoms with Gasteiger partial charge in [-0.15, -0.1) is 0 Å². The van der Waals surface area contributed by atoms with E-state index >= 15 is 0 Å². The van der Waals surface area contributed by atoms with Gasteiger partial charge in [0.15, 0.2) is 0 Å². The Labute approximate surface area is 207 Å². The molecule has 35 heavy (non-hydrogen) atoms. The van der Waals surface area contributed by atoms with Gasteiger partial charge in [0, 0.05) is 55.2 Å². The van der Waals surface area contributed by atoms with Gasteiger partial charge in [0.25, 0.3) is 11.8 Å². The molecular weight excluding hydrogens is 436 g/mol. The molecule has 2 amide bonds. The molecule has 0 aliphatic carbocycles. The molecule has 2 aromatic carbocycles. The molecule has 1 aromatic heterocycles. The highest BCUT2D eigenvalue weighted by molar-refractivity contribution is 6.01. The van der Waals surface area contributed by atoms with Crippen LogP contribution in [0, 0.1) is 13.8 Å². The lowest BCUT2D eigenvalue weighted by Crippen LogP contribution is -2.52. The number of hydrogen-bond donors (Lipinski definition) is 1. The molecular formula is C29H32N4O2. The summed E-state index contributed by atoms with van der Waals surface area (Å²) in [5.41, 5.74) is 5.96. The van der Waals surface area contributed by atoms with Gasteiger partial charge in [-0.1, -0.05) is 35.9 Å². The first kappa shape index (κ1) is 23.2. The predicted molar refractivity (Wildman–Crippen MR) is 137 cm³/mol. The molecule has 6 heteroatoms. The van der Waals surface area contributed by atoms with Crippen LogP contribution in [-0.2, 0) is 6.54 Å². The average molecular weight is 469 g/mol. The van der Waals surface area contributed by atoms with Crippen LogP contribution in [-0.4, -0.2) is 58.8 Å². The van der Waals surface area contributed by atoms with Gasteiger partial charge in [0.2, 0.25) is 0 Å². The van der Waals surface area contributed by atoms with E-state index in [4.69, 9.17) is 0 Å². The number of aryl methyl sites for hydroxylation is 2. The van der Waals surface area contributed by atoms with Crippen LogP contribution in [0.4, 0.5) is 0 Å². The lowest BCUT2D eigenvalue weighted by atomic mass is 9.97. The molecule has 2 aliphatic rings. The number of amides is 2. The minimum atomic E-state index is -0.200. The number of pyridine rings is 1. The van der Waals surface area contributed by atoms with Gasteiger partial charge in [-0.3, -0.25) is 19.5 Å². The molecule has 0 spiro atoms. The van der Waals surface area contributed by atoms with E-state index in [0.717, 1.165) is 55.0 Å². The molecule has 180 valence electrons. The third-order valence-electron chi connectivity index (χ3n) is 7.13. The van der Waals surface area contributed by atoms with Crippen molar-refractivity contribution in [3.05, 3.63) is 88.7 Å². The molecule has 0 saturated carbocycles. The minimum absolute atomic E-state index is 0.00213. The number of carbonyl (C=O) groups is 2. The highest BCUT2D eigenvalue weighted by atomic mass is 16.2. The standard InChI is InChI=1S/C29H32N4O2/c1-20-5-9-23(10-6-20)24-14-25(28(34)31-18-22-8-7-21(2)30-17-22)16-26(15-24)29(35)33-13-12-32-11-3-4-27(32)19-33/h5-10,14-17,27H,3-4,11-13,18-19H2,1-2H3,(H,31,34). The van der Waals surface area contributed by atoms with Crippen LogP contribution in [0.3, 0.4) is 0 Å². The summed E-state index contributed by atoms with van der Waals surface area (Å²) in [7, 11) is 0. The van der Waals surface area contributed by atoms with Crippen molar-refractivity contribution in [2.75, 3.05) is 26.2 Å². The fourth-order valence-corrected chi connectivity index (χ4v) is 5.04. The van der Waals surface area contributed by atoms with E-state index in [1.165, 1.54) is 12.0 Å². The van der Waals surface area contributed by atoms with Crippen molar-refractivity contribution in [2.45, 2.75) is 39.3 Å². The van der Waals surface area contributed by atoms with Crippen LogP contribution in [0.25, 0.3) is 11.1 Å². The van der Waals surface area contributed by atoms with Crippen molar-refractivity contribution < 1.29 is 9.59 Å². The predicted octanol–water partition coefficient (Wildman–Crippen LogP) is 4.22. The first-order valence-electron chi connectivity index (χ1n) is 12.4. The molecule has 3 aromatic rings. The first-order valence-corrected chi connectivity index (χ1v) is 12.4. The molecule has 0 bridgehead atoms. The Balaban J connectivity index is 1.41. The third-order valence-corrected chi connectivity index (χ3v) is 7.13. The summed E-state index contributed by atoms with van der Waals surface area (Å²) < 4.78 is 0. The average Bonchev–Trinajstić information content (AvgIpc) is 3.36. The summed E-state index contributed by atoms with van der Waals surface area (Å²) in [5.74, 6) is -0.198. The van der Waals surface area contributed by atoms with E-state index in [0.29, 0.717) is 23.7 Å². The van der Waals surface area contributed by atoms with E-state index < -0.39 is 0 Å². The van der Waals surface area contributed by atoms with Gasteiger partial charge in [-0.05, 0) is 74.2 Å². The topological polar surface area (TPSA) is 65.5 Å². The Kier molecular flexibility index (Phi) is 6.64. The van der Waals surface area contributed by atoms with Crippen LogP contribution >= 0.6 is 0 Å². The fourth-order valence-electron chi connectivity index (χ4n) is 5.04. The quantitative estimate of drug-likeness (QED) is 0.609. The lowest BCUT2D eigenvalue weighted by Gasteiger charge is -2.37. The maximum atomic E-state index is 13.6. The molecule has 3 heterocycles. The Morgan fingerprint density at radius 2 is 1.74 bits per heavy atom. The number of piperazine rings is 1. The summed E-state index contributed by atoms with van der Waals surface area (Å²) >= 11 is 0. The van der Waals surface area contributed by atoms with Gasteiger partial charge in [-0.2, -0.15) is 0 Å². The number of benzene rings is 2. The van der Waals surface area contributed by atoms with Gasteiger partial charge in [0.1, 0.15) is 0 Å². The molecule has 1 unspecified atom stereocenters. The van der Waals surface area contributed by atoms with Gasteiger partial charge in [0.05, 0.1) is 0 Å². The SMILES string of the molecule is Cc1ccc(-c2cc(C(=O)NCc3ccc(C)nc3)cc(C(=O)N3CCN4CCCC4C3)c2)cc1. The maximum Gasteiger partial charge on any atom is 0.253 e. The Morgan fingerprint density at radius 3 is 2.51 bits per heavy atom. The van der Waals surface area contributed by atoms with Crippen molar-refractivity contribution in [1.82, 2.24) is 20.1 Å². The monoisotopic (exact) mass is 468 g/mol. The normalized spacial score (nSPS) is 17.8. The highest BCUT2D eigenvalue weighted by Gasteiger charge is 2.33. The maximum absolute atomic E-state index is 13.6. The van der Waals surface area contributed by atoms with Crippen LogP contribution in [0.15, 0.2) is 60.8 Å². The zero-order valence-electron chi connectivity index (χ0n) is 20.5. The molecule has 1 N–H and O–H groups in total. The third kappa shape index (κ3) is 5.28. The van der Waals surface area contributed by atoms with E-state index in [-0.39, 0.29) is 11.8 Å². The van der Waals surface area contributed by atoms with Crippen LogP contribution in [0.2, 0.25) is 0 Å². The van der Waals surface area contributed by atoms with E-state index in [2.05, 4.69) is 15.2 Å². The second-order valence-electron chi connectivity index (χ2n) is 9.74. The smallest absolute Gasteiger partial charge is 0.253 e. The number of carbonyl (C=O) groups excluding carboxylic acids is 2. The van der Waals surface area contributed by atoms with Crippen molar-refractivity contribution >= 4 is 11.8 Å². The van der Waals surface area contributed by atoms with E-state index in [1.807, 2.05) is 67.3 Å². The molecule has 2 fully saturated rings. The van der Waals surface area contributed by atoms with Gasteiger partial charge in [-0.25, -0.2) is 0 Å². The fraction of sp³-hybridized carbons (Fsp3) is 0.345. The van der Waals surface area contributed by atoms with Crippen LogP contribution in [0.1, 0.15) is 50.4 Å². The molecule has 1 atom stereocenters. The Hall–Kier alpha value is -3.51. The second-order valence-corrected chi connectivity index (χ2v) is 9.74. The Morgan fingerprint density at radius 1 is 0.943 bits per heavy atom. The first-order chi connectivity index (χ1) is 17.0. The molecule has 5 rings (SSSR count). The molecule has 2 aliphatic heterocycles. The van der Waals surface area contributed by atoms with Crippen molar-refractivity contribution in [3.8, 4) is 11.1 Å². The van der Waals surface area contributed by atoms with Crippen molar-refractivity contribution in [2.24, 2.45) is 0 Å². The summed E-state index contributed by atoms with van der Waals surface area (Å²) in [4.78, 5) is 35.5. The van der Waals surface area contributed by atoms with Crippen LogP contribution < -0.4 is 5.32 Å². The summed E-state index contributed by atoms with van der Waals surface area (Å²) in [5, 5.41) is 2.99. The summed E-state index contributed by atoms with van der Waals surface area (Å²) in [6.45, 7) is 7.91. The number of rotatable bonds is 5. The van der Waals surface area contributed by atoms with Crippen molar-refractivity contribution in [1.29, 1.82) is 0 Å². The Bertz CT molecular complexity index is 1220. The number of aromatic nitrogens is 1. The van der Waals surface area contributed by atoms with Gasteiger partial charge >= 0.3 is 0 Å². The highest BCUT2D eigenvalue weighted by Crippen LogP contribution is 2.26. The van der Waals surface area contributed by atoms with Gasteiger partial charge < -0.3 is 10.2 Å². The van der Waals surface area contributed by atoms with E-state index in [9.17, 15) is 9.59 Å². The number of nitrogens with zero attached hydrogens (tertiary/aromatic N) is 3. The zero-order valence-corrected chi connectivity index (χ0v) is 20.5. The molecule has 0 radical (unpaired) electrons. The van der Waals surface area contributed by atoms with Crippen LogP contribution in [0.5, 0.6) is 0 Å². The summed E-state index contributed by atoms with van der Waals surface area (Å²) in [6, 6.07) is 18.1. The van der Waals surface area contributed by atoms with E-state index in [1.54, 1.807) is 12.3 Å². The minimum Gasteiger partial charge on any atom is -0.348 e. The number of nitrogens with one attached hydrogen (secondary N) is 1. The zero-order chi connectivity index (χ0) is 24.4. The molecule has 6 nitrogen and oxygen atoms in total. The lowest BCUT2D eigenvalue weighted by molar-refractivity contribution is 0.0571. The largest absolute Gasteiger partial charge is 0.348 e. The summed E-state index contributed by atoms with van der Waals surface area (Å²) in [6.07, 6.45) is 4.13. The molecule has 2 saturated heterocycles.